The fraction of sp³-hybridized carbons (Fsp3) is 0.483. The molecule has 2 fully saturated rings. The van der Waals surface area contributed by atoms with Crippen LogP contribution in [0.4, 0.5) is 18.0 Å². The highest BCUT2D eigenvalue weighted by Crippen LogP contribution is 2.42. The number of nitrogens with one attached hydrogen (secondary N) is 2. The maximum atomic E-state index is 14.3. The van der Waals surface area contributed by atoms with E-state index in [9.17, 15) is 23.1 Å². The molecule has 4 unspecified atom stereocenters. The number of rotatable bonds is 5. The largest absolute Gasteiger partial charge is 0.443 e. The predicted molar refractivity (Wildman–Crippen MR) is 151 cm³/mol. The number of amides is 1. The Morgan fingerprint density at radius 3 is 2.50 bits per heavy atom. The lowest BCUT2D eigenvalue weighted by atomic mass is 9.91. The maximum absolute atomic E-state index is 14.3. The Hall–Kier alpha value is -3.27. The zero-order valence-electron chi connectivity index (χ0n) is 24.6. The van der Waals surface area contributed by atoms with Crippen LogP contribution in [-0.4, -0.2) is 62.5 Å². The number of carbonyl (C=O) groups excluding carboxylic acids is 1. The summed E-state index contributed by atoms with van der Waals surface area (Å²) in [6, 6.07) is 10.4. The third kappa shape index (κ3) is 6.85. The molecule has 11 nitrogen and oxygen atoms in total. The molecule has 15 heteroatoms. The molecule has 2 aliphatic heterocycles. The van der Waals surface area contributed by atoms with E-state index in [1.54, 1.807) is 20.8 Å². The number of halogens is 4. The van der Waals surface area contributed by atoms with E-state index < -0.39 is 60.2 Å². The van der Waals surface area contributed by atoms with E-state index in [0.717, 1.165) is 10.7 Å². The summed E-state index contributed by atoms with van der Waals surface area (Å²) in [5.41, 5.74) is 3.67. The maximum Gasteiger partial charge on any atom is 0.422 e. The van der Waals surface area contributed by atoms with Gasteiger partial charge in [0.1, 0.15) is 35.8 Å². The summed E-state index contributed by atoms with van der Waals surface area (Å²) in [4.78, 5) is 16.9. The summed E-state index contributed by atoms with van der Waals surface area (Å²) in [6.07, 6.45) is -11.0. The minimum atomic E-state index is -4.75. The van der Waals surface area contributed by atoms with Gasteiger partial charge in [0.05, 0.1) is 23.9 Å². The van der Waals surface area contributed by atoms with Crippen LogP contribution >= 0.6 is 11.6 Å². The Kier molecular flexibility index (Phi) is 8.95. The van der Waals surface area contributed by atoms with Gasteiger partial charge in [-0.2, -0.15) is 18.3 Å². The van der Waals surface area contributed by atoms with Crippen LogP contribution in [0.2, 0.25) is 5.02 Å². The van der Waals surface area contributed by atoms with Crippen molar-refractivity contribution in [3.05, 3.63) is 75.8 Å². The van der Waals surface area contributed by atoms with Gasteiger partial charge < -0.3 is 24.1 Å². The first-order chi connectivity index (χ1) is 20.6. The summed E-state index contributed by atoms with van der Waals surface area (Å²) >= 11 is 6.19. The van der Waals surface area contributed by atoms with Crippen molar-refractivity contribution in [1.82, 2.24) is 25.6 Å². The Balaban J connectivity index is 1.52. The molecule has 5 rings (SSSR count). The molecular formula is C29H33ClF3N5O6. The Bertz CT molecular complexity index is 1500. The van der Waals surface area contributed by atoms with Crippen molar-refractivity contribution in [3.63, 3.8) is 0 Å². The topological polar surface area (TPSA) is 129 Å². The highest BCUT2D eigenvalue weighted by atomic mass is 35.5. The van der Waals surface area contributed by atoms with Crippen LogP contribution in [0.3, 0.4) is 0 Å². The smallest absolute Gasteiger partial charge is 0.422 e. The van der Waals surface area contributed by atoms with E-state index in [1.807, 2.05) is 30.3 Å². The summed E-state index contributed by atoms with van der Waals surface area (Å²) in [5, 5.41) is 16.0. The Morgan fingerprint density at radius 2 is 1.84 bits per heavy atom. The van der Waals surface area contributed by atoms with Gasteiger partial charge in [-0.25, -0.2) is 19.9 Å². The van der Waals surface area contributed by atoms with Crippen molar-refractivity contribution >= 4 is 17.7 Å². The van der Waals surface area contributed by atoms with E-state index in [0.29, 0.717) is 5.56 Å². The van der Waals surface area contributed by atoms with Gasteiger partial charge >= 0.3 is 12.3 Å². The van der Waals surface area contributed by atoms with Crippen LogP contribution in [0.25, 0.3) is 5.69 Å². The van der Waals surface area contributed by atoms with Crippen molar-refractivity contribution in [2.45, 2.75) is 83.1 Å². The lowest BCUT2D eigenvalue weighted by Gasteiger charge is -2.48. The molecule has 0 radical (unpaired) electrons. The molecule has 0 aliphatic carbocycles. The van der Waals surface area contributed by atoms with Gasteiger partial charge in [-0.1, -0.05) is 41.9 Å². The number of alkyl halides is 3. The first-order valence-corrected chi connectivity index (χ1v) is 14.2. The molecule has 3 aromatic rings. The van der Waals surface area contributed by atoms with Crippen LogP contribution in [0.1, 0.15) is 61.5 Å². The number of aliphatic hydroxyl groups excluding tert-OH is 1. The second kappa shape index (κ2) is 12.3. The highest BCUT2D eigenvalue weighted by molar-refractivity contribution is 6.30. The van der Waals surface area contributed by atoms with Gasteiger partial charge in [-0.15, -0.1) is 0 Å². The molecule has 2 aromatic carbocycles. The van der Waals surface area contributed by atoms with Crippen molar-refractivity contribution < 1.29 is 42.0 Å². The first kappa shape index (κ1) is 32.1. The quantitative estimate of drug-likeness (QED) is 0.335. The predicted octanol–water partition coefficient (Wildman–Crippen LogP) is 4.87. The molecule has 44 heavy (non-hydrogen) atoms. The summed E-state index contributed by atoms with van der Waals surface area (Å²) < 4.78 is 67.4. The lowest BCUT2D eigenvalue weighted by molar-refractivity contribution is -0.313. The van der Waals surface area contributed by atoms with E-state index >= 15 is 0 Å². The molecule has 0 bridgehead atoms. The van der Waals surface area contributed by atoms with Crippen molar-refractivity contribution in [2.24, 2.45) is 0 Å². The number of aromatic nitrogens is 3. The number of ether oxygens (including phenoxy) is 4. The van der Waals surface area contributed by atoms with E-state index in [4.69, 9.17) is 30.5 Å². The number of aliphatic hydroxyl groups is 1. The Morgan fingerprint density at radius 1 is 1.14 bits per heavy atom. The number of nitrogens with zero attached hydrogens (tertiary/aromatic N) is 3. The molecule has 2 aliphatic rings. The Labute approximate surface area is 256 Å². The molecule has 6 atom stereocenters. The average Bonchev–Trinajstić information content (AvgIpc) is 3.31. The number of hydrogen-bond acceptors (Lipinski definition) is 9. The van der Waals surface area contributed by atoms with Crippen LogP contribution in [0.15, 0.2) is 42.5 Å². The minimum absolute atomic E-state index is 0.00470. The monoisotopic (exact) mass is 639 g/mol. The van der Waals surface area contributed by atoms with E-state index in [-0.39, 0.29) is 34.5 Å². The number of hydrogen-bond donors (Lipinski definition) is 3. The molecule has 3 heterocycles. The van der Waals surface area contributed by atoms with Gasteiger partial charge in [0, 0.05) is 10.6 Å². The third-order valence-electron chi connectivity index (χ3n) is 7.01. The number of fused-ring (bicyclic) bond motifs is 1. The van der Waals surface area contributed by atoms with Gasteiger partial charge in [0.25, 0.3) is 0 Å². The number of aryl methyl sites for hydroxylation is 2. The number of carbonyl (C=O) groups is 1. The number of benzene rings is 2. The average molecular weight is 640 g/mol. The van der Waals surface area contributed by atoms with Crippen molar-refractivity contribution in [3.8, 4) is 5.69 Å². The molecular weight excluding hydrogens is 607 g/mol. The molecule has 3 N–H and O–H groups in total. The lowest BCUT2D eigenvalue weighted by Crippen LogP contribution is -2.66. The number of hydrazine groups is 1. The second-order valence-corrected chi connectivity index (χ2v) is 12.0. The van der Waals surface area contributed by atoms with E-state index in [1.165, 1.54) is 19.9 Å². The van der Waals surface area contributed by atoms with Gasteiger partial charge in [0.2, 0.25) is 0 Å². The summed E-state index contributed by atoms with van der Waals surface area (Å²) in [5.74, 6) is 0.00946. The minimum Gasteiger partial charge on any atom is -0.443 e. The molecule has 238 valence electrons. The van der Waals surface area contributed by atoms with Crippen LogP contribution in [0, 0.1) is 13.8 Å². The van der Waals surface area contributed by atoms with Crippen molar-refractivity contribution in [1.29, 1.82) is 0 Å². The standard InChI is InChI=1S/C29H33ClF3N5O6/c1-14-11-17(30)12-18(20(14)29(31,32)33)38-25(34-15(2)37-38)24-22(39)21(35-36-27(40)44-28(3,4)5)23-19(42-24)13-41-26(43-23)16-9-7-6-8-10-16/h6-12,19,21-24,26,35,39H,13H2,1-5H3,(H,36,40)/t19?,21?,22?,23-,24+,26?/m0/s1. The van der Waals surface area contributed by atoms with Crippen molar-refractivity contribution in [2.75, 3.05) is 6.61 Å². The molecule has 0 spiro atoms. The zero-order valence-corrected chi connectivity index (χ0v) is 25.3. The SMILES string of the molecule is Cc1nc([C@@H]2OC3COC(c4ccccc4)O[C@@H]3C(NNC(=O)OC(C)(C)C)C2O)n(-c2cc(Cl)cc(C)c2C(F)(F)F)n1. The van der Waals surface area contributed by atoms with Crippen LogP contribution < -0.4 is 10.9 Å². The van der Waals surface area contributed by atoms with Gasteiger partial charge in [-0.05, 0) is 52.3 Å². The summed E-state index contributed by atoms with van der Waals surface area (Å²) in [6.45, 7) is 7.86. The molecule has 0 saturated carbocycles. The molecule has 2 saturated heterocycles. The molecule has 1 aromatic heterocycles. The van der Waals surface area contributed by atoms with Crippen LogP contribution in [0.5, 0.6) is 0 Å². The van der Waals surface area contributed by atoms with E-state index in [2.05, 4.69) is 20.9 Å². The zero-order chi connectivity index (χ0) is 32.0. The van der Waals surface area contributed by atoms with Gasteiger partial charge in [-0.3, -0.25) is 5.43 Å². The molecule has 1 amide bonds. The third-order valence-corrected chi connectivity index (χ3v) is 7.23. The fourth-order valence-corrected chi connectivity index (χ4v) is 5.56. The van der Waals surface area contributed by atoms with Crippen LogP contribution in [-0.2, 0) is 25.1 Å². The second-order valence-electron chi connectivity index (χ2n) is 11.6. The van der Waals surface area contributed by atoms with Gasteiger partial charge in [0.15, 0.2) is 12.1 Å². The fourth-order valence-electron chi connectivity index (χ4n) is 5.30. The summed E-state index contributed by atoms with van der Waals surface area (Å²) in [7, 11) is 0. The first-order valence-electron chi connectivity index (χ1n) is 13.8. The normalized spacial score (nSPS) is 25.8. The highest BCUT2D eigenvalue weighted by Gasteiger charge is 2.52.